The summed E-state index contributed by atoms with van der Waals surface area (Å²) in [5, 5.41) is 4.20. The van der Waals surface area contributed by atoms with Crippen LogP contribution in [0.1, 0.15) is 41.1 Å². The molecule has 0 aliphatic rings. The quantitative estimate of drug-likeness (QED) is 0.800. The zero-order valence-electron chi connectivity index (χ0n) is 12.2. The molecule has 1 aromatic heterocycles. The number of nitrogens with one attached hydrogen (secondary N) is 2. The number of aromatic nitrogens is 1. The number of H-pyrrole nitrogens is 1. The van der Waals surface area contributed by atoms with Crippen LogP contribution in [0, 0.1) is 0 Å². The molecule has 0 amide bonds. The van der Waals surface area contributed by atoms with Gasteiger partial charge in [-0.05, 0) is 36.2 Å². The maximum Gasteiger partial charge on any atom is 0.354 e. The number of esters is 1. The highest BCUT2D eigenvalue weighted by Crippen LogP contribution is 2.19. The Morgan fingerprint density at radius 3 is 2.62 bits per heavy atom. The molecular weight excluding hydrogens is 288 g/mol. The number of hydrogen-bond donors (Lipinski definition) is 2. The zero-order chi connectivity index (χ0) is 15.2. The smallest absolute Gasteiger partial charge is 0.354 e. The number of rotatable bonds is 6. The lowest BCUT2D eigenvalue weighted by Crippen LogP contribution is -2.20. The summed E-state index contributed by atoms with van der Waals surface area (Å²) in [4.78, 5) is 14.4. The molecule has 0 spiro atoms. The Bertz CT molecular complexity index is 593. The number of halogens is 1. The monoisotopic (exact) mass is 306 g/mol. The zero-order valence-corrected chi connectivity index (χ0v) is 12.9. The van der Waals surface area contributed by atoms with Crippen molar-refractivity contribution in [2.45, 2.75) is 25.9 Å². The molecule has 0 fully saturated rings. The van der Waals surface area contributed by atoms with Crippen LogP contribution in [0.15, 0.2) is 36.4 Å². The van der Waals surface area contributed by atoms with Gasteiger partial charge in [0.25, 0.3) is 0 Å². The van der Waals surface area contributed by atoms with E-state index in [0.717, 1.165) is 17.1 Å². The fraction of sp³-hybridized carbons (Fsp3) is 0.312. The lowest BCUT2D eigenvalue weighted by Gasteiger charge is -2.17. The van der Waals surface area contributed by atoms with Crippen LogP contribution in [0.2, 0.25) is 5.02 Å². The molecule has 21 heavy (non-hydrogen) atoms. The second kappa shape index (κ2) is 7.29. The predicted octanol–water partition coefficient (Wildman–Crippen LogP) is 3.70. The molecule has 0 aliphatic carbocycles. The molecule has 1 aromatic carbocycles. The van der Waals surface area contributed by atoms with Gasteiger partial charge in [-0.2, -0.15) is 0 Å². The minimum atomic E-state index is -0.356. The first kappa shape index (κ1) is 15.6. The van der Waals surface area contributed by atoms with E-state index in [2.05, 4.69) is 22.0 Å². The second-order valence-electron chi connectivity index (χ2n) is 4.78. The van der Waals surface area contributed by atoms with Crippen LogP contribution in [-0.2, 0) is 11.3 Å². The first-order valence-electron chi connectivity index (χ1n) is 6.89. The number of ether oxygens (including phenoxy) is 1. The van der Waals surface area contributed by atoms with Crippen molar-refractivity contribution < 1.29 is 9.53 Å². The molecule has 1 heterocycles. The summed E-state index contributed by atoms with van der Waals surface area (Å²) in [6, 6.07) is 11.7. The molecular formula is C16H19ClN2O2. The highest BCUT2D eigenvalue weighted by atomic mass is 35.5. The molecule has 0 radical (unpaired) electrons. The van der Waals surface area contributed by atoms with Crippen molar-refractivity contribution in [1.82, 2.24) is 10.3 Å². The van der Waals surface area contributed by atoms with Gasteiger partial charge in [-0.3, -0.25) is 0 Å². The van der Waals surface area contributed by atoms with Crippen molar-refractivity contribution in [3.8, 4) is 0 Å². The summed E-state index contributed by atoms with van der Waals surface area (Å²) in [7, 11) is 1.37. The van der Waals surface area contributed by atoms with Gasteiger partial charge in [-0.1, -0.05) is 30.7 Å². The van der Waals surface area contributed by atoms with Crippen LogP contribution >= 0.6 is 11.6 Å². The van der Waals surface area contributed by atoms with E-state index >= 15 is 0 Å². The van der Waals surface area contributed by atoms with Crippen LogP contribution < -0.4 is 5.32 Å². The molecule has 0 saturated heterocycles. The van der Waals surface area contributed by atoms with Gasteiger partial charge in [0.1, 0.15) is 5.69 Å². The molecule has 5 heteroatoms. The first-order chi connectivity index (χ1) is 10.1. The molecule has 0 aliphatic heterocycles. The number of carbonyl (C=O) groups excluding carboxylic acids is 1. The highest BCUT2D eigenvalue weighted by molar-refractivity contribution is 6.30. The Kier molecular flexibility index (Phi) is 5.42. The first-order valence-corrected chi connectivity index (χ1v) is 7.27. The third kappa shape index (κ3) is 4.09. The average molecular weight is 307 g/mol. The van der Waals surface area contributed by atoms with Gasteiger partial charge >= 0.3 is 5.97 Å². The van der Waals surface area contributed by atoms with Gasteiger partial charge in [0, 0.05) is 23.3 Å². The third-order valence-corrected chi connectivity index (χ3v) is 3.62. The van der Waals surface area contributed by atoms with E-state index in [0.29, 0.717) is 12.2 Å². The summed E-state index contributed by atoms with van der Waals surface area (Å²) >= 11 is 5.91. The minimum Gasteiger partial charge on any atom is -0.464 e. The molecule has 1 atom stereocenters. The van der Waals surface area contributed by atoms with E-state index in [1.807, 2.05) is 30.3 Å². The topological polar surface area (TPSA) is 54.1 Å². The Morgan fingerprint density at radius 2 is 2.00 bits per heavy atom. The SMILES string of the molecule is CCC(NCc1ccc(C(=O)OC)[nH]1)c1ccc(Cl)cc1. The largest absolute Gasteiger partial charge is 0.464 e. The Hall–Kier alpha value is -1.78. The van der Waals surface area contributed by atoms with Crippen molar-refractivity contribution in [2.75, 3.05) is 7.11 Å². The Balaban J connectivity index is 1.98. The highest BCUT2D eigenvalue weighted by Gasteiger charge is 2.11. The summed E-state index contributed by atoms with van der Waals surface area (Å²) in [6.45, 7) is 2.78. The van der Waals surface area contributed by atoms with Crippen LogP contribution in [0.3, 0.4) is 0 Å². The van der Waals surface area contributed by atoms with Gasteiger partial charge in [0.15, 0.2) is 0 Å². The molecule has 2 aromatic rings. The van der Waals surface area contributed by atoms with Crippen LogP contribution in [0.25, 0.3) is 0 Å². The summed E-state index contributed by atoms with van der Waals surface area (Å²) in [5.41, 5.74) is 2.61. The third-order valence-electron chi connectivity index (χ3n) is 3.37. The number of benzene rings is 1. The normalized spacial score (nSPS) is 12.1. The van der Waals surface area contributed by atoms with E-state index in [9.17, 15) is 4.79 Å². The summed E-state index contributed by atoms with van der Waals surface area (Å²) in [5.74, 6) is -0.356. The predicted molar refractivity (Wildman–Crippen MR) is 83.5 cm³/mol. The minimum absolute atomic E-state index is 0.243. The van der Waals surface area contributed by atoms with E-state index in [4.69, 9.17) is 11.6 Å². The van der Waals surface area contributed by atoms with Crippen molar-refractivity contribution in [1.29, 1.82) is 0 Å². The van der Waals surface area contributed by atoms with Crippen LogP contribution in [-0.4, -0.2) is 18.1 Å². The van der Waals surface area contributed by atoms with Crippen LogP contribution in [0.5, 0.6) is 0 Å². The number of hydrogen-bond acceptors (Lipinski definition) is 3. The molecule has 2 N–H and O–H groups in total. The second-order valence-corrected chi connectivity index (χ2v) is 5.22. The van der Waals surface area contributed by atoms with Gasteiger partial charge in [-0.25, -0.2) is 4.79 Å². The van der Waals surface area contributed by atoms with E-state index in [-0.39, 0.29) is 12.0 Å². The Morgan fingerprint density at radius 1 is 1.29 bits per heavy atom. The van der Waals surface area contributed by atoms with Gasteiger partial charge < -0.3 is 15.0 Å². The van der Waals surface area contributed by atoms with Crippen molar-refractivity contribution in [3.63, 3.8) is 0 Å². The summed E-state index contributed by atoms with van der Waals surface area (Å²) < 4.78 is 4.67. The Labute approximate surface area is 129 Å². The fourth-order valence-corrected chi connectivity index (χ4v) is 2.32. The van der Waals surface area contributed by atoms with Crippen molar-refractivity contribution >= 4 is 17.6 Å². The number of carbonyl (C=O) groups is 1. The maximum atomic E-state index is 11.4. The number of methoxy groups -OCH3 is 1. The van der Waals surface area contributed by atoms with Gasteiger partial charge in [-0.15, -0.1) is 0 Å². The van der Waals surface area contributed by atoms with Gasteiger partial charge in [0.2, 0.25) is 0 Å². The fourth-order valence-electron chi connectivity index (χ4n) is 2.20. The van der Waals surface area contributed by atoms with Crippen LogP contribution in [0.4, 0.5) is 0 Å². The molecule has 112 valence electrons. The molecule has 0 bridgehead atoms. The number of aromatic amines is 1. The molecule has 2 rings (SSSR count). The summed E-state index contributed by atoms with van der Waals surface area (Å²) in [6.07, 6.45) is 0.964. The lowest BCUT2D eigenvalue weighted by atomic mass is 10.0. The van der Waals surface area contributed by atoms with Gasteiger partial charge in [0.05, 0.1) is 7.11 Å². The van der Waals surface area contributed by atoms with E-state index < -0.39 is 0 Å². The molecule has 0 saturated carbocycles. The standard InChI is InChI=1S/C16H19ClN2O2/c1-3-14(11-4-6-12(17)7-5-11)18-10-13-8-9-15(19-13)16(20)21-2/h4-9,14,18-19H,3,10H2,1-2H3. The molecule has 1 unspecified atom stereocenters. The van der Waals surface area contributed by atoms with Crippen molar-refractivity contribution in [3.05, 3.63) is 58.4 Å². The maximum absolute atomic E-state index is 11.4. The van der Waals surface area contributed by atoms with E-state index in [1.165, 1.54) is 12.7 Å². The van der Waals surface area contributed by atoms with E-state index in [1.54, 1.807) is 6.07 Å². The molecule has 4 nitrogen and oxygen atoms in total. The lowest BCUT2D eigenvalue weighted by molar-refractivity contribution is 0.0594. The average Bonchev–Trinajstić information content (AvgIpc) is 2.97. The van der Waals surface area contributed by atoms with Crippen molar-refractivity contribution in [2.24, 2.45) is 0 Å².